The number of ether oxygens (including phenoxy) is 1. The summed E-state index contributed by atoms with van der Waals surface area (Å²) in [6.45, 7) is 3.42. The van der Waals surface area contributed by atoms with Crippen LogP contribution in [0.15, 0.2) is 18.2 Å². The molecule has 1 amide bonds. The minimum absolute atomic E-state index is 0.0990. The second kappa shape index (κ2) is 7.94. The van der Waals surface area contributed by atoms with Gasteiger partial charge in [-0.15, -0.1) is 10.2 Å². The lowest BCUT2D eigenvalue weighted by molar-refractivity contribution is -0.126. The van der Waals surface area contributed by atoms with Crippen LogP contribution < -0.4 is 10.1 Å². The van der Waals surface area contributed by atoms with Crippen LogP contribution in [-0.2, 0) is 29.7 Å². The highest BCUT2D eigenvalue weighted by Crippen LogP contribution is 2.42. The van der Waals surface area contributed by atoms with Gasteiger partial charge in [0.25, 0.3) is 0 Å². The number of hydrogen-bond donors (Lipinski definition) is 1. The van der Waals surface area contributed by atoms with E-state index in [0.717, 1.165) is 73.6 Å². The summed E-state index contributed by atoms with van der Waals surface area (Å²) in [5.41, 5.74) is 1.68. The van der Waals surface area contributed by atoms with Crippen LogP contribution in [0.25, 0.3) is 0 Å². The Balaban J connectivity index is 1.54. The molecule has 2 aromatic rings. The molecule has 4 rings (SSSR count). The molecule has 1 aliphatic heterocycles. The lowest BCUT2D eigenvalue weighted by atomic mass is 9.77. The van der Waals surface area contributed by atoms with E-state index in [1.54, 1.807) is 7.11 Å². The van der Waals surface area contributed by atoms with Gasteiger partial charge in [0.05, 0.1) is 19.1 Å². The van der Waals surface area contributed by atoms with Crippen LogP contribution >= 0.6 is 0 Å². The summed E-state index contributed by atoms with van der Waals surface area (Å²) >= 11 is 0. The highest BCUT2D eigenvalue weighted by molar-refractivity contribution is 5.88. The number of aromatic nitrogens is 3. The summed E-state index contributed by atoms with van der Waals surface area (Å²) < 4.78 is 7.71. The Kier molecular flexibility index (Phi) is 5.38. The molecule has 1 aromatic heterocycles. The van der Waals surface area contributed by atoms with Crippen LogP contribution in [0.3, 0.4) is 0 Å². The maximum Gasteiger partial charge on any atom is 0.231 e. The monoisotopic (exact) mass is 382 g/mol. The van der Waals surface area contributed by atoms with Crippen molar-refractivity contribution >= 4 is 5.91 Å². The zero-order valence-electron chi connectivity index (χ0n) is 17.0. The SMILES string of the molecule is COc1cc(C2(C(=O)NCc3nnc4n3CCCCC4)CCCC2)ccc1C. The van der Waals surface area contributed by atoms with Gasteiger partial charge in [-0.3, -0.25) is 4.79 Å². The first-order chi connectivity index (χ1) is 13.6. The second-order valence-corrected chi connectivity index (χ2v) is 8.15. The minimum Gasteiger partial charge on any atom is -0.496 e. The van der Waals surface area contributed by atoms with E-state index in [1.165, 1.54) is 12.8 Å². The summed E-state index contributed by atoms with van der Waals surface area (Å²) in [5, 5.41) is 11.9. The molecule has 0 bridgehead atoms. The first-order valence-electron chi connectivity index (χ1n) is 10.5. The van der Waals surface area contributed by atoms with Crippen molar-refractivity contribution in [3.63, 3.8) is 0 Å². The zero-order valence-corrected chi connectivity index (χ0v) is 17.0. The van der Waals surface area contributed by atoms with Gasteiger partial charge in [0.1, 0.15) is 11.6 Å². The van der Waals surface area contributed by atoms with E-state index in [9.17, 15) is 4.79 Å². The Morgan fingerprint density at radius 2 is 2.00 bits per heavy atom. The second-order valence-electron chi connectivity index (χ2n) is 8.15. The summed E-state index contributed by atoms with van der Waals surface area (Å²) in [6.07, 6.45) is 8.43. The van der Waals surface area contributed by atoms with Gasteiger partial charge in [0.2, 0.25) is 5.91 Å². The van der Waals surface area contributed by atoms with E-state index in [2.05, 4.69) is 32.2 Å². The molecule has 0 spiro atoms. The minimum atomic E-state index is -0.470. The van der Waals surface area contributed by atoms with Crippen LogP contribution in [0.1, 0.15) is 67.7 Å². The molecule has 2 aliphatic rings. The van der Waals surface area contributed by atoms with E-state index in [0.29, 0.717) is 6.54 Å². The number of hydrogen-bond acceptors (Lipinski definition) is 4. The van der Waals surface area contributed by atoms with Crippen LogP contribution in [0.5, 0.6) is 5.75 Å². The van der Waals surface area contributed by atoms with Crippen molar-refractivity contribution < 1.29 is 9.53 Å². The maximum absolute atomic E-state index is 13.4. The van der Waals surface area contributed by atoms with Crippen molar-refractivity contribution in [2.45, 2.75) is 76.8 Å². The largest absolute Gasteiger partial charge is 0.496 e. The van der Waals surface area contributed by atoms with Gasteiger partial charge in [-0.2, -0.15) is 0 Å². The summed E-state index contributed by atoms with van der Waals surface area (Å²) in [6, 6.07) is 6.19. The third-order valence-electron chi connectivity index (χ3n) is 6.45. The van der Waals surface area contributed by atoms with Crippen LogP contribution in [0, 0.1) is 6.92 Å². The van der Waals surface area contributed by atoms with Crippen molar-refractivity contribution in [1.29, 1.82) is 0 Å². The van der Waals surface area contributed by atoms with E-state index >= 15 is 0 Å². The molecule has 0 unspecified atom stereocenters. The number of fused-ring (bicyclic) bond motifs is 1. The zero-order chi connectivity index (χ0) is 19.6. The normalized spacial score (nSPS) is 18.4. The first kappa shape index (κ1) is 19.0. The van der Waals surface area contributed by atoms with Gasteiger partial charge in [-0.25, -0.2) is 0 Å². The van der Waals surface area contributed by atoms with E-state index in [1.807, 2.05) is 13.0 Å². The molecule has 28 heavy (non-hydrogen) atoms. The van der Waals surface area contributed by atoms with Crippen molar-refractivity contribution in [3.05, 3.63) is 41.0 Å². The Morgan fingerprint density at radius 3 is 2.79 bits per heavy atom. The molecule has 1 N–H and O–H groups in total. The Morgan fingerprint density at radius 1 is 1.18 bits per heavy atom. The van der Waals surface area contributed by atoms with Gasteiger partial charge >= 0.3 is 0 Å². The van der Waals surface area contributed by atoms with Gasteiger partial charge in [0.15, 0.2) is 5.82 Å². The van der Waals surface area contributed by atoms with E-state index < -0.39 is 5.41 Å². The van der Waals surface area contributed by atoms with Crippen LogP contribution in [-0.4, -0.2) is 27.8 Å². The molecule has 1 aliphatic carbocycles. The smallest absolute Gasteiger partial charge is 0.231 e. The summed E-state index contributed by atoms with van der Waals surface area (Å²) in [7, 11) is 1.69. The Labute approximate surface area is 166 Å². The molecule has 0 saturated heterocycles. The van der Waals surface area contributed by atoms with Crippen LogP contribution in [0.2, 0.25) is 0 Å². The number of methoxy groups -OCH3 is 1. The van der Waals surface area contributed by atoms with E-state index in [-0.39, 0.29) is 5.91 Å². The first-order valence-corrected chi connectivity index (χ1v) is 10.5. The molecule has 2 heterocycles. The van der Waals surface area contributed by atoms with Crippen molar-refractivity contribution in [3.8, 4) is 5.75 Å². The summed E-state index contributed by atoms with van der Waals surface area (Å²) in [4.78, 5) is 13.4. The molecule has 0 radical (unpaired) electrons. The molecule has 0 atom stereocenters. The molecular weight excluding hydrogens is 352 g/mol. The third-order valence-corrected chi connectivity index (χ3v) is 6.45. The number of nitrogens with one attached hydrogen (secondary N) is 1. The number of carbonyl (C=O) groups is 1. The maximum atomic E-state index is 13.4. The fraction of sp³-hybridized carbons (Fsp3) is 0.591. The van der Waals surface area contributed by atoms with Crippen LogP contribution in [0.4, 0.5) is 0 Å². The van der Waals surface area contributed by atoms with Gasteiger partial charge in [0, 0.05) is 13.0 Å². The highest BCUT2D eigenvalue weighted by atomic mass is 16.5. The van der Waals surface area contributed by atoms with Gasteiger partial charge in [-0.1, -0.05) is 31.4 Å². The molecule has 150 valence electrons. The third kappa shape index (κ3) is 3.40. The molecule has 1 fully saturated rings. The summed E-state index contributed by atoms with van der Waals surface area (Å²) in [5.74, 6) is 2.88. The van der Waals surface area contributed by atoms with Crippen molar-refractivity contribution in [2.24, 2.45) is 0 Å². The Hall–Kier alpha value is -2.37. The molecule has 6 heteroatoms. The predicted octanol–water partition coefficient (Wildman–Crippen LogP) is 3.45. The number of rotatable bonds is 5. The quantitative estimate of drug-likeness (QED) is 0.860. The number of amides is 1. The lowest BCUT2D eigenvalue weighted by Crippen LogP contribution is -2.42. The Bertz CT molecular complexity index is 852. The average molecular weight is 383 g/mol. The lowest BCUT2D eigenvalue weighted by Gasteiger charge is -2.29. The number of carbonyl (C=O) groups excluding carboxylic acids is 1. The fourth-order valence-electron chi connectivity index (χ4n) is 4.75. The van der Waals surface area contributed by atoms with E-state index in [4.69, 9.17) is 4.74 Å². The van der Waals surface area contributed by atoms with Crippen molar-refractivity contribution in [1.82, 2.24) is 20.1 Å². The van der Waals surface area contributed by atoms with Gasteiger partial charge in [-0.05, 0) is 49.8 Å². The fourth-order valence-corrected chi connectivity index (χ4v) is 4.75. The standard InChI is InChI=1S/C22H30N4O2/c1-16-9-10-17(14-18(16)28-2)22(11-5-6-12-22)21(27)23-15-20-25-24-19-8-4-3-7-13-26(19)20/h9-10,14H,3-8,11-13,15H2,1-2H3,(H,23,27). The highest BCUT2D eigenvalue weighted by Gasteiger charge is 2.43. The average Bonchev–Trinajstić information content (AvgIpc) is 3.29. The number of aryl methyl sites for hydroxylation is 2. The number of nitrogens with zero attached hydrogens (tertiary/aromatic N) is 3. The molecule has 1 saturated carbocycles. The topological polar surface area (TPSA) is 69.0 Å². The van der Waals surface area contributed by atoms with Crippen molar-refractivity contribution in [2.75, 3.05) is 7.11 Å². The predicted molar refractivity (Wildman–Crippen MR) is 107 cm³/mol. The number of benzene rings is 1. The molecule has 6 nitrogen and oxygen atoms in total. The molecular formula is C22H30N4O2. The van der Waals surface area contributed by atoms with Gasteiger partial charge < -0.3 is 14.6 Å². The molecule has 1 aromatic carbocycles.